The Kier molecular flexibility index (Phi) is 5.27. The smallest absolute Gasteiger partial charge is 0.298 e. The van der Waals surface area contributed by atoms with Crippen LogP contribution >= 0.6 is 11.8 Å². The van der Waals surface area contributed by atoms with Crippen molar-refractivity contribution in [2.45, 2.75) is 52.5 Å². The van der Waals surface area contributed by atoms with Gasteiger partial charge in [-0.2, -0.15) is 0 Å². The van der Waals surface area contributed by atoms with Gasteiger partial charge in [0.2, 0.25) is 0 Å². The number of carbonyl (C=O) groups is 2. The SMILES string of the molecule is CCN1c2cc(C)c(/C=C3\SC(=O)N(c4ccccc4)C3=O)cc2C(C)CC1(C)C. The van der Waals surface area contributed by atoms with E-state index >= 15 is 0 Å². The molecule has 2 heterocycles. The topological polar surface area (TPSA) is 40.6 Å². The van der Waals surface area contributed by atoms with Gasteiger partial charge in [-0.1, -0.05) is 25.1 Å². The molecule has 0 aliphatic carbocycles. The summed E-state index contributed by atoms with van der Waals surface area (Å²) in [6, 6.07) is 13.6. The summed E-state index contributed by atoms with van der Waals surface area (Å²) in [6.07, 6.45) is 2.97. The highest BCUT2D eigenvalue weighted by atomic mass is 32.2. The van der Waals surface area contributed by atoms with Crippen LogP contribution in [0.3, 0.4) is 0 Å². The summed E-state index contributed by atoms with van der Waals surface area (Å²) >= 11 is 1.01. The molecule has 2 aliphatic heterocycles. The zero-order valence-corrected chi connectivity index (χ0v) is 19.0. The molecule has 1 saturated heterocycles. The van der Waals surface area contributed by atoms with Crippen LogP contribution in [0.2, 0.25) is 0 Å². The summed E-state index contributed by atoms with van der Waals surface area (Å²) in [7, 11) is 0. The van der Waals surface area contributed by atoms with Gasteiger partial charge in [0.25, 0.3) is 11.1 Å². The average Bonchev–Trinajstić information content (AvgIpc) is 2.96. The average molecular weight is 421 g/mol. The van der Waals surface area contributed by atoms with Gasteiger partial charge in [-0.25, -0.2) is 4.90 Å². The maximum atomic E-state index is 13.0. The number of anilines is 2. The molecule has 2 aromatic rings. The lowest BCUT2D eigenvalue weighted by atomic mass is 9.79. The van der Waals surface area contributed by atoms with Crippen LogP contribution < -0.4 is 9.80 Å². The minimum atomic E-state index is -0.252. The molecule has 0 aromatic heterocycles. The molecule has 0 radical (unpaired) electrons. The molecule has 2 aliphatic rings. The number of imide groups is 1. The molecule has 4 nitrogen and oxygen atoms in total. The van der Waals surface area contributed by atoms with Crippen molar-refractivity contribution in [3.8, 4) is 0 Å². The van der Waals surface area contributed by atoms with E-state index in [9.17, 15) is 9.59 Å². The standard InChI is InChI=1S/C25H28N2O2S/c1-6-26-21-12-16(2)18(13-20(21)17(3)15-25(26,4)5)14-22-23(28)27(24(29)30-22)19-10-8-7-9-11-19/h7-14,17H,6,15H2,1-5H3/b22-14-. The van der Waals surface area contributed by atoms with E-state index in [1.165, 1.54) is 16.2 Å². The highest BCUT2D eigenvalue weighted by Gasteiger charge is 2.38. The number of hydrogen-bond acceptors (Lipinski definition) is 4. The normalized spacial score (nSPS) is 22.0. The van der Waals surface area contributed by atoms with E-state index in [0.29, 0.717) is 16.5 Å². The molecule has 0 N–H and O–H groups in total. The number of nitrogens with zero attached hydrogens (tertiary/aromatic N) is 2. The molecular weight excluding hydrogens is 392 g/mol. The van der Waals surface area contributed by atoms with Gasteiger partial charge in [0, 0.05) is 17.8 Å². The number of hydrogen-bond donors (Lipinski definition) is 0. The van der Waals surface area contributed by atoms with Crippen molar-refractivity contribution >= 4 is 40.4 Å². The van der Waals surface area contributed by atoms with E-state index in [1.807, 2.05) is 24.3 Å². The number of rotatable bonds is 3. The van der Waals surface area contributed by atoms with Crippen LogP contribution in [-0.4, -0.2) is 23.2 Å². The number of amides is 2. The summed E-state index contributed by atoms with van der Waals surface area (Å²) < 4.78 is 0. The molecule has 2 aromatic carbocycles. The third-order valence-electron chi connectivity index (χ3n) is 6.18. The van der Waals surface area contributed by atoms with Crippen molar-refractivity contribution in [2.75, 3.05) is 16.3 Å². The summed E-state index contributed by atoms with van der Waals surface area (Å²) in [5, 5.41) is -0.250. The first-order valence-corrected chi connectivity index (χ1v) is 11.3. The van der Waals surface area contributed by atoms with Crippen molar-refractivity contribution in [1.82, 2.24) is 0 Å². The molecule has 0 spiro atoms. The molecule has 5 heteroatoms. The Hall–Kier alpha value is -2.53. The van der Waals surface area contributed by atoms with Gasteiger partial charge in [0.15, 0.2) is 0 Å². The first-order valence-electron chi connectivity index (χ1n) is 10.5. The highest BCUT2D eigenvalue weighted by Crippen LogP contribution is 2.45. The monoisotopic (exact) mass is 420 g/mol. The quantitative estimate of drug-likeness (QED) is 0.543. The van der Waals surface area contributed by atoms with Crippen LogP contribution in [0.15, 0.2) is 47.4 Å². The van der Waals surface area contributed by atoms with Gasteiger partial charge < -0.3 is 4.90 Å². The second-order valence-corrected chi connectivity index (χ2v) is 9.78. The van der Waals surface area contributed by atoms with Crippen LogP contribution in [0, 0.1) is 6.92 Å². The van der Waals surface area contributed by atoms with Crippen LogP contribution in [-0.2, 0) is 4.79 Å². The molecule has 1 atom stereocenters. The van der Waals surface area contributed by atoms with E-state index in [1.54, 1.807) is 12.1 Å². The lowest BCUT2D eigenvalue weighted by Gasteiger charge is -2.47. The van der Waals surface area contributed by atoms with Crippen LogP contribution in [0.25, 0.3) is 6.08 Å². The maximum absolute atomic E-state index is 13.0. The minimum Gasteiger partial charge on any atom is -0.366 e. The van der Waals surface area contributed by atoms with Crippen LogP contribution in [0.4, 0.5) is 16.2 Å². The Morgan fingerprint density at radius 2 is 1.87 bits per heavy atom. The molecule has 4 rings (SSSR count). The van der Waals surface area contributed by atoms with Crippen LogP contribution in [0.5, 0.6) is 0 Å². The third kappa shape index (κ3) is 3.45. The van der Waals surface area contributed by atoms with Crippen molar-refractivity contribution in [3.05, 3.63) is 64.1 Å². The minimum absolute atomic E-state index is 0.119. The largest absolute Gasteiger partial charge is 0.366 e. The van der Waals surface area contributed by atoms with Gasteiger partial charge in [-0.15, -0.1) is 0 Å². The molecule has 0 bridgehead atoms. The van der Waals surface area contributed by atoms with E-state index in [2.05, 4.69) is 51.7 Å². The Bertz CT molecular complexity index is 1040. The molecule has 2 amide bonds. The lowest BCUT2D eigenvalue weighted by Crippen LogP contribution is -2.48. The lowest BCUT2D eigenvalue weighted by molar-refractivity contribution is -0.113. The summed E-state index contributed by atoms with van der Waals surface area (Å²) in [6.45, 7) is 12.1. The zero-order valence-electron chi connectivity index (χ0n) is 18.2. The molecular formula is C25H28N2O2S. The van der Waals surface area contributed by atoms with Crippen molar-refractivity contribution in [3.63, 3.8) is 0 Å². The Balaban J connectivity index is 1.73. The first-order chi connectivity index (χ1) is 14.2. The molecule has 156 valence electrons. The summed E-state index contributed by atoms with van der Waals surface area (Å²) in [4.78, 5) is 29.7. The van der Waals surface area contributed by atoms with E-state index in [0.717, 1.165) is 35.9 Å². The van der Waals surface area contributed by atoms with Gasteiger partial charge in [0.1, 0.15) is 0 Å². The molecule has 1 fully saturated rings. The number of benzene rings is 2. The van der Waals surface area contributed by atoms with Gasteiger partial charge in [-0.05, 0) is 98.8 Å². The molecule has 30 heavy (non-hydrogen) atoms. The molecule has 1 unspecified atom stereocenters. The number of aryl methyl sites for hydroxylation is 1. The second-order valence-electron chi connectivity index (χ2n) is 8.78. The second kappa shape index (κ2) is 7.62. The number of thioether (sulfide) groups is 1. The fraction of sp³-hybridized carbons (Fsp3) is 0.360. The summed E-state index contributed by atoms with van der Waals surface area (Å²) in [5.41, 5.74) is 5.45. The first kappa shape index (κ1) is 20.7. The van der Waals surface area contributed by atoms with Gasteiger partial charge in [0.05, 0.1) is 10.6 Å². The molecule has 0 saturated carbocycles. The van der Waals surface area contributed by atoms with Gasteiger partial charge in [-0.3, -0.25) is 9.59 Å². The maximum Gasteiger partial charge on any atom is 0.298 e. The predicted octanol–water partition coefficient (Wildman–Crippen LogP) is 6.35. The summed E-state index contributed by atoms with van der Waals surface area (Å²) in [5.74, 6) is 0.183. The number of para-hydroxylation sites is 1. The fourth-order valence-corrected chi connectivity index (χ4v) is 5.65. The van der Waals surface area contributed by atoms with Gasteiger partial charge >= 0.3 is 0 Å². The third-order valence-corrected chi connectivity index (χ3v) is 7.05. The Labute approximate surface area is 182 Å². The van der Waals surface area contributed by atoms with Crippen molar-refractivity contribution < 1.29 is 9.59 Å². The Morgan fingerprint density at radius 3 is 2.53 bits per heavy atom. The number of carbonyl (C=O) groups excluding carboxylic acids is 2. The van der Waals surface area contributed by atoms with E-state index < -0.39 is 0 Å². The Morgan fingerprint density at radius 1 is 1.17 bits per heavy atom. The van der Waals surface area contributed by atoms with E-state index in [4.69, 9.17) is 0 Å². The highest BCUT2D eigenvalue weighted by molar-refractivity contribution is 8.19. The van der Waals surface area contributed by atoms with Crippen molar-refractivity contribution in [2.24, 2.45) is 0 Å². The predicted molar refractivity (Wildman–Crippen MR) is 126 cm³/mol. The number of fused-ring (bicyclic) bond motifs is 1. The zero-order chi connectivity index (χ0) is 21.6. The van der Waals surface area contributed by atoms with E-state index in [-0.39, 0.29) is 16.7 Å². The fourth-order valence-electron chi connectivity index (χ4n) is 4.81. The van der Waals surface area contributed by atoms with Crippen molar-refractivity contribution in [1.29, 1.82) is 0 Å². The van der Waals surface area contributed by atoms with Crippen LogP contribution in [0.1, 0.15) is 56.7 Å².